The Labute approximate surface area is 45.1 Å². The number of nitrogens with one attached hydrogen (secondary N) is 1. The summed E-state index contributed by atoms with van der Waals surface area (Å²) in [6.07, 6.45) is 0. The smallest absolute Gasteiger partial charge is 0.331 e. The number of carboxylic acid groups (broad SMARTS) is 1. The van der Waals surface area contributed by atoms with Crippen LogP contribution in [0.3, 0.4) is 0 Å². The molecule has 2 N–H and O–H groups in total. The Morgan fingerprint density at radius 2 is 2.57 bits per heavy atom. The zero-order valence-corrected chi connectivity index (χ0v) is 4.10. The highest BCUT2D eigenvalue weighted by molar-refractivity contribution is 6.12. The van der Waals surface area contributed by atoms with Crippen molar-refractivity contribution < 1.29 is 14.7 Å². The van der Waals surface area contributed by atoms with E-state index in [-0.39, 0.29) is 0 Å². The topological polar surface area (TPSA) is 58.6 Å². The Hall–Kier alpha value is -0.320. The molecule has 0 aromatic rings. The highest BCUT2D eigenvalue weighted by atomic mass is 35.5. The summed E-state index contributed by atoms with van der Waals surface area (Å²) < 4.78 is 0. The summed E-state index contributed by atoms with van der Waals surface area (Å²) in [6, 6.07) is 0. The molecule has 0 heterocycles. The van der Waals surface area contributed by atoms with Gasteiger partial charge in [0.1, 0.15) is 0 Å². The maximum Gasteiger partial charge on any atom is 0.331 e. The summed E-state index contributed by atoms with van der Waals surface area (Å²) in [5.41, 5.74) is 0. The standard InChI is InChI=1S/C2H4ClNO3/c3-4-7-1-2(5)6/h4H,1H2,(H,5,6). The number of halogens is 1. The van der Waals surface area contributed by atoms with E-state index in [2.05, 4.69) is 4.84 Å². The highest BCUT2D eigenvalue weighted by Gasteiger charge is 1.91. The fraction of sp³-hybridized carbons (Fsp3) is 0.500. The molecule has 0 fully saturated rings. The molecule has 0 spiro atoms. The third kappa shape index (κ3) is 5.68. The van der Waals surface area contributed by atoms with E-state index in [1.807, 2.05) is 0 Å². The van der Waals surface area contributed by atoms with Crippen molar-refractivity contribution in [3.05, 3.63) is 0 Å². The van der Waals surface area contributed by atoms with E-state index in [1.54, 1.807) is 5.00 Å². The van der Waals surface area contributed by atoms with Crippen molar-refractivity contribution in [3.8, 4) is 0 Å². The lowest BCUT2D eigenvalue weighted by Gasteiger charge is -1.89. The fourth-order valence-electron chi connectivity index (χ4n) is 0.0890. The van der Waals surface area contributed by atoms with Gasteiger partial charge in [0.25, 0.3) is 0 Å². The van der Waals surface area contributed by atoms with Gasteiger partial charge < -0.3 is 5.11 Å². The van der Waals surface area contributed by atoms with Crippen LogP contribution in [0.2, 0.25) is 0 Å². The van der Waals surface area contributed by atoms with Crippen LogP contribution in [0.4, 0.5) is 0 Å². The molecule has 4 nitrogen and oxygen atoms in total. The van der Waals surface area contributed by atoms with E-state index in [9.17, 15) is 4.79 Å². The first-order chi connectivity index (χ1) is 3.27. The number of carbonyl (C=O) groups is 1. The number of rotatable bonds is 3. The van der Waals surface area contributed by atoms with Gasteiger partial charge in [-0.3, -0.25) is 4.84 Å². The largest absolute Gasteiger partial charge is 0.479 e. The first kappa shape index (κ1) is 6.68. The molecular formula is C2H4ClNO3. The van der Waals surface area contributed by atoms with Crippen molar-refractivity contribution in [1.29, 1.82) is 0 Å². The number of carboxylic acids is 1. The Bertz CT molecular complexity index is 66.0. The monoisotopic (exact) mass is 125 g/mol. The van der Waals surface area contributed by atoms with Crippen molar-refractivity contribution in [3.63, 3.8) is 0 Å². The molecule has 0 saturated heterocycles. The van der Waals surface area contributed by atoms with Gasteiger partial charge >= 0.3 is 5.97 Å². The molecule has 7 heavy (non-hydrogen) atoms. The van der Waals surface area contributed by atoms with Gasteiger partial charge in [-0.2, -0.15) is 0 Å². The summed E-state index contributed by atoms with van der Waals surface area (Å²) >= 11 is 4.71. The van der Waals surface area contributed by atoms with Crippen LogP contribution in [-0.4, -0.2) is 17.7 Å². The van der Waals surface area contributed by atoms with E-state index in [4.69, 9.17) is 16.9 Å². The lowest BCUT2D eigenvalue weighted by atomic mass is 10.8. The molecule has 0 rings (SSSR count). The average Bonchev–Trinajstić information content (AvgIpc) is 1.61. The van der Waals surface area contributed by atoms with Gasteiger partial charge in [0, 0.05) is 11.8 Å². The van der Waals surface area contributed by atoms with E-state index < -0.39 is 12.6 Å². The van der Waals surface area contributed by atoms with Crippen molar-refractivity contribution in [2.45, 2.75) is 0 Å². The van der Waals surface area contributed by atoms with Crippen LogP contribution in [0.5, 0.6) is 0 Å². The van der Waals surface area contributed by atoms with E-state index in [1.165, 1.54) is 0 Å². The van der Waals surface area contributed by atoms with Crippen molar-refractivity contribution in [1.82, 2.24) is 5.00 Å². The van der Waals surface area contributed by atoms with E-state index in [0.29, 0.717) is 0 Å². The van der Waals surface area contributed by atoms with Crippen LogP contribution >= 0.6 is 11.8 Å². The molecule has 0 unspecified atom stereocenters. The van der Waals surface area contributed by atoms with E-state index >= 15 is 0 Å². The van der Waals surface area contributed by atoms with Gasteiger partial charge in [0.2, 0.25) is 0 Å². The highest BCUT2D eigenvalue weighted by Crippen LogP contribution is 1.67. The fourth-order valence-corrected chi connectivity index (χ4v) is 0.144. The second-order valence-corrected chi connectivity index (χ2v) is 0.914. The molecule has 42 valence electrons. The molecule has 0 aliphatic heterocycles. The van der Waals surface area contributed by atoms with Gasteiger partial charge in [-0.25, -0.2) is 4.79 Å². The molecule has 0 aliphatic carbocycles. The van der Waals surface area contributed by atoms with Crippen molar-refractivity contribution in [2.75, 3.05) is 6.61 Å². The second-order valence-electron chi connectivity index (χ2n) is 0.760. The maximum atomic E-state index is 9.53. The van der Waals surface area contributed by atoms with Crippen LogP contribution in [-0.2, 0) is 9.63 Å². The van der Waals surface area contributed by atoms with Crippen molar-refractivity contribution >= 4 is 17.7 Å². The predicted octanol–water partition coefficient (Wildman–Crippen LogP) is -0.254. The van der Waals surface area contributed by atoms with Gasteiger partial charge in [-0.1, -0.05) is 0 Å². The molecule has 0 bridgehead atoms. The lowest BCUT2D eigenvalue weighted by Crippen LogP contribution is -2.11. The zero-order valence-electron chi connectivity index (χ0n) is 3.35. The molecule has 0 atom stereocenters. The van der Waals surface area contributed by atoms with Gasteiger partial charge in [-0.15, -0.1) is 5.00 Å². The van der Waals surface area contributed by atoms with E-state index in [0.717, 1.165) is 0 Å². The Morgan fingerprint density at radius 3 is 2.71 bits per heavy atom. The Morgan fingerprint density at radius 1 is 2.00 bits per heavy atom. The lowest BCUT2D eigenvalue weighted by molar-refractivity contribution is -0.143. The molecule has 0 radical (unpaired) electrons. The molecule has 0 aromatic carbocycles. The molecule has 0 amide bonds. The Kier molecular flexibility index (Phi) is 3.68. The minimum Gasteiger partial charge on any atom is -0.479 e. The summed E-state index contributed by atoms with van der Waals surface area (Å²) in [7, 11) is 0. The molecule has 0 aliphatic rings. The number of hydrogen-bond acceptors (Lipinski definition) is 3. The minimum atomic E-state index is -1.06. The normalized spacial score (nSPS) is 8.71. The SMILES string of the molecule is O=C(O)CONCl. The van der Waals surface area contributed by atoms with Gasteiger partial charge in [-0.05, 0) is 0 Å². The molecule has 0 aromatic heterocycles. The zero-order chi connectivity index (χ0) is 5.70. The summed E-state index contributed by atoms with van der Waals surface area (Å²) in [5.74, 6) is -1.06. The second kappa shape index (κ2) is 3.86. The maximum absolute atomic E-state index is 9.53. The minimum absolute atomic E-state index is 0.427. The summed E-state index contributed by atoms with van der Waals surface area (Å²) in [6.45, 7) is -0.427. The van der Waals surface area contributed by atoms with Crippen LogP contribution in [0.1, 0.15) is 0 Å². The van der Waals surface area contributed by atoms with Crippen LogP contribution in [0.15, 0.2) is 0 Å². The van der Waals surface area contributed by atoms with Crippen molar-refractivity contribution in [2.24, 2.45) is 0 Å². The Balaban J connectivity index is 2.82. The number of aliphatic carboxylic acids is 1. The third-order valence-electron chi connectivity index (χ3n) is 0.250. The first-order valence-electron chi connectivity index (χ1n) is 1.46. The molecular weight excluding hydrogens is 121 g/mol. The van der Waals surface area contributed by atoms with Crippen LogP contribution < -0.4 is 5.00 Å². The molecule has 5 heteroatoms. The van der Waals surface area contributed by atoms with Gasteiger partial charge in [0.15, 0.2) is 6.61 Å². The summed E-state index contributed by atoms with van der Waals surface area (Å²) in [5, 5.41) is 7.82. The van der Waals surface area contributed by atoms with Crippen LogP contribution in [0.25, 0.3) is 0 Å². The molecule has 0 saturated carbocycles. The van der Waals surface area contributed by atoms with Gasteiger partial charge in [0.05, 0.1) is 0 Å². The first-order valence-corrected chi connectivity index (χ1v) is 1.84. The predicted molar refractivity (Wildman–Crippen MR) is 22.6 cm³/mol. The average molecular weight is 126 g/mol. The third-order valence-corrected chi connectivity index (χ3v) is 0.359. The quantitative estimate of drug-likeness (QED) is 0.403. The summed E-state index contributed by atoms with van der Waals surface area (Å²) in [4.78, 5) is 15.2. The van der Waals surface area contributed by atoms with Crippen LogP contribution in [0, 0.1) is 0 Å². The number of hydrogen-bond donors (Lipinski definition) is 2.